The zero-order chi connectivity index (χ0) is 15.8. The molecule has 2 aromatic rings. The van der Waals surface area contributed by atoms with E-state index in [0.29, 0.717) is 18.0 Å². The molecule has 4 rings (SSSR count). The summed E-state index contributed by atoms with van der Waals surface area (Å²) in [6, 6.07) is 9.72. The number of carbonyl (C=O) groups excluding carboxylic acids is 1. The van der Waals surface area contributed by atoms with Crippen LogP contribution in [0.5, 0.6) is 0 Å². The van der Waals surface area contributed by atoms with Crippen LogP contribution in [0.1, 0.15) is 25.0 Å². The molecule has 23 heavy (non-hydrogen) atoms. The second kappa shape index (κ2) is 5.81. The average molecular weight is 315 g/mol. The second-order valence-corrected chi connectivity index (χ2v) is 6.20. The summed E-state index contributed by atoms with van der Waals surface area (Å²) in [6.07, 6.45) is 4.50. The molecular formula is C18H18FNO3. The van der Waals surface area contributed by atoms with Crippen LogP contribution in [0, 0.1) is 11.7 Å². The summed E-state index contributed by atoms with van der Waals surface area (Å²) in [4.78, 5) is 14.7. The van der Waals surface area contributed by atoms with Crippen LogP contribution in [0.15, 0.2) is 47.1 Å². The lowest BCUT2D eigenvalue weighted by Gasteiger charge is -2.27. The Balaban J connectivity index is 1.63. The second-order valence-electron chi connectivity index (χ2n) is 6.20. The summed E-state index contributed by atoms with van der Waals surface area (Å²) >= 11 is 0. The number of fused-ring (bicyclic) bond motifs is 2. The normalized spacial score (nSPS) is 25.7. The third-order valence-electron chi connectivity index (χ3n) is 4.70. The topological polar surface area (TPSA) is 42.7 Å². The van der Waals surface area contributed by atoms with E-state index in [1.165, 1.54) is 12.1 Å². The Morgan fingerprint density at radius 2 is 2.17 bits per heavy atom. The van der Waals surface area contributed by atoms with Crippen molar-refractivity contribution in [3.8, 4) is 0 Å². The minimum Gasteiger partial charge on any atom is -0.467 e. The molecule has 2 saturated heterocycles. The van der Waals surface area contributed by atoms with Crippen molar-refractivity contribution in [2.24, 2.45) is 5.92 Å². The highest BCUT2D eigenvalue weighted by Gasteiger charge is 2.46. The van der Waals surface area contributed by atoms with Crippen LogP contribution < -0.4 is 4.90 Å². The van der Waals surface area contributed by atoms with Crippen molar-refractivity contribution in [1.82, 2.24) is 0 Å². The summed E-state index contributed by atoms with van der Waals surface area (Å²) in [6.45, 7) is 0.295. The molecule has 3 unspecified atom stereocenters. The van der Waals surface area contributed by atoms with Gasteiger partial charge in [-0.05, 0) is 49.6 Å². The van der Waals surface area contributed by atoms with E-state index in [0.717, 1.165) is 19.3 Å². The third-order valence-corrected chi connectivity index (χ3v) is 4.70. The van der Waals surface area contributed by atoms with E-state index in [4.69, 9.17) is 9.15 Å². The fourth-order valence-electron chi connectivity index (χ4n) is 3.60. The minimum absolute atomic E-state index is 0.000148. The molecule has 5 heteroatoms. The number of ether oxygens (including phenoxy) is 1. The van der Waals surface area contributed by atoms with Crippen molar-refractivity contribution in [3.05, 3.63) is 54.2 Å². The lowest BCUT2D eigenvalue weighted by molar-refractivity contribution is -0.124. The number of hydrogen-bond donors (Lipinski definition) is 0. The van der Waals surface area contributed by atoms with Crippen LogP contribution in [-0.4, -0.2) is 18.1 Å². The highest BCUT2D eigenvalue weighted by atomic mass is 19.1. The highest BCUT2D eigenvalue weighted by Crippen LogP contribution is 2.40. The molecule has 3 heterocycles. The Kier molecular flexibility index (Phi) is 3.65. The lowest BCUT2D eigenvalue weighted by atomic mass is 9.88. The smallest absolute Gasteiger partial charge is 0.233 e. The quantitative estimate of drug-likeness (QED) is 0.867. The summed E-state index contributed by atoms with van der Waals surface area (Å²) in [5.41, 5.74) is 0.550. The monoisotopic (exact) mass is 315 g/mol. The van der Waals surface area contributed by atoms with Gasteiger partial charge in [0.15, 0.2) is 0 Å². The van der Waals surface area contributed by atoms with E-state index in [9.17, 15) is 9.18 Å². The van der Waals surface area contributed by atoms with E-state index in [-0.39, 0.29) is 29.9 Å². The first-order valence-electron chi connectivity index (χ1n) is 7.95. The number of anilines is 1. The number of halogens is 1. The van der Waals surface area contributed by atoms with Crippen LogP contribution in [-0.2, 0) is 16.1 Å². The van der Waals surface area contributed by atoms with Gasteiger partial charge in [0, 0.05) is 5.69 Å². The summed E-state index contributed by atoms with van der Waals surface area (Å²) < 4.78 is 24.8. The lowest BCUT2D eigenvalue weighted by Crippen LogP contribution is -2.39. The van der Waals surface area contributed by atoms with Crippen LogP contribution in [0.4, 0.5) is 10.1 Å². The van der Waals surface area contributed by atoms with E-state index in [2.05, 4.69) is 0 Å². The number of benzene rings is 1. The Hall–Kier alpha value is -2.14. The molecule has 0 saturated carbocycles. The molecule has 0 aliphatic carbocycles. The predicted molar refractivity (Wildman–Crippen MR) is 82.3 cm³/mol. The molecule has 3 atom stereocenters. The van der Waals surface area contributed by atoms with Gasteiger partial charge >= 0.3 is 0 Å². The molecule has 1 aromatic carbocycles. The van der Waals surface area contributed by atoms with E-state index in [1.807, 2.05) is 6.07 Å². The Bertz CT molecular complexity index is 700. The van der Waals surface area contributed by atoms with Crippen molar-refractivity contribution >= 4 is 11.6 Å². The van der Waals surface area contributed by atoms with E-state index >= 15 is 0 Å². The summed E-state index contributed by atoms with van der Waals surface area (Å²) in [5.74, 6) is 0.154. The Morgan fingerprint density at radius 1 is 1.26 bits per heavy atom. The fourth-order valence-corrected chi connectivity index (χ4v) is 3.60. The van der Waals surface area contributed by atoms with Gasteiger partial charge in [-0.3, -0.25) is 4.79 Å². The molecule has 4 nitrogen and oxygen atoms in total. The molecule has 2 bridgehead atoms. The summed E-state index contributed by atoms with van der Waals surface area (Å²) in [7, 11) is 0. The zero-order valence-corrected chi connectivity index (χ0v) is 12.7. The number of nitrogens with zero attached hydrogens (tertiary/aromatic N) is 1. The third kappa shape index (κ3) is 2.77. The molecule has 1 amide bonds. The van der Waals surface area contributed by atoms with Crippen LogP contribution in [0.25, 0.3) is 0 Å². The van der Waals surface area contributed by atoms with E-state index < -0.39 is 0 Å². The number of furan rings is 1. The van der Waals surface area contributed by atoms with Gasteiger partial charge in [0.25, 0.3) is 0 Å². The van der Waals surface area contributed by atoms with Crippen LogP contribution >= 0.6 is 0 Å². The molecule has 0 N–H and O–H groups in total. The standard InChI is InChI=1S/C18H18FNO3/c19-12-3-1-4-13(9-12)20(11-15-5-2-8-22-15)18(21)16-10-14-6-7-17(16)23-14/h1-5,8-9,14,16-17H,6-7,10-11H2. The zero-order valence-electron chi connectivity index (χ0n) is 12.7. The van der Waals surface area contributed by atoms with Crippen molar-refractivity contribution in [2.75, 3.05) is 4.90 Å². The SMILES string of the molecule is O=C(C1CC2CCC1O2)N(Cc1ccco1)c1cccc(F)c1. The number of hydrogen-bond acceptors (Lipinski definition) is 3. The van der Waals surface area contributed by atoms with Crippen LogP contribution in [0.3, 0.4) is 0 Å². The molecular weight excluding hydrogens is 297 g/mol. The van der Waals surface area contributed by atoms with Crippen molar-refractivity contribution < 1.29 is 18.3 Å². The number of carbonyl (C=O) groups is 1. The van der Waals surface area contributed by atoms with Gasteiger partial charge in [0.2, 0.25) is 5.91 Å². The molecule has 2 aliphatic heterocycles. The maximum atomic E-state index is 13.6. The predicted octanol–water partition coefficient (Wildman–Crippen LogP) is 3.52. The fraction of sp³-hybridized carbons (Fsp3) is 0.389. The van der Waals surface area contributed by atoms with Gasteiger partial charge in [-0.15, -0.1) is 0 Å². The van der Waals surface area contributed by atoms with Gasteiger partial charge in [-0.1, -0.05) is 6.07 Å². The van der Waals surface area contributed by atoms with Gasteiger partial charge in [0.05, 0.1) is 30.9 Å². The molecule has 1 aromatic heterocycles. The Labute approximate surface area is 133 Å². The average Bonchev–Trinajstić information content (AvgIpc) is 3.29. The maximum Gasteiger partial charge on any atom is 0.233 e. The largest absolute Gasteiger partial charge is 0.467 e. The Morgan fingerprint density at radius 3 is 2.83 bits per heavy atom. The van der Waals surface area contributed by atoms with Crippen molar-refractivity contribution in [3.63, 3.8) is 0 Å². The number of rotatable bonds is 4. The van der Waals surface area contributed by atoms with Crippen molar-refractivity contribution in [1.29, 1.82) is 0 Å². The van der Waals surface area contributed by atoms with Gasteiger partial charge in [0.1, 0.15) is 11.6 Å². The number of amides is 1. The molecule has 120 valence electrons. The molecule has 0 radical (unpaired) electrons. The van der Waals surface area contributed by atoms with Gasteiger partial charge in [-0.25, -0.2) is 4.39 Å². The van der Waals surface area contributed by atoms with E-state index in [1.54, 1.807) is 29.4 Å². The maximum absolute atomic E-state index is 13.6. The van der Waals surface area contributed by atoms with Gasteiger partial charge < -0.3 is 14.1 Å². The highest BCUT2D eigenvalue weighted by molar-refractivity contribution is 5.95. The first-order valence-corrected chi connectivity index (χ1v) is 7.95. The first kappa shape index (κ1) is 14.5. The minimum atomic E-state index is -0.357. The molecule has 2 fully saturated rings. The molecule has 2 aliphatic rings. The van der Waals surface area contributed by atoms with Crippen molar-refractivity contribution in [2.45, 2.75) is 38.0 Å². The summed E-state index contributed by atoms with van der Waals surface area (Å²) in [5, 5.41) is 0. The van der Waals surface area contributed by atoms with Crippen LogP contribution in [0.2, 0.25) is 0 Å². The molecule has 0 spiro atoms. The first-order chi connectivity index (χ1) is 11.2. The van der Waals surface area contributed by atoms with Gasteiger partial charge in [-0.2, -0.15) is 0 Å².